The molecule has 0 unspecified atom stereocenters. The average molecular weight is 281 g/mol. The fraction of sp³-hybridized carbons (Fsp3) is 0.615. The number of halogens is 2. The van der Waals surface area contributed by atoms with Crippen LogP contribution in [0.5, 0.6) is 0 Å². The third-order valence-corrected chi connectivity index (χ3v) is 3.65. The molecule has 0 radical (unpaired) electrons. The van der Waals surface area contributed by atoms with Gasteiger partial charge in [0, 0.05) is 13.1 Å². The molecule has 5 nitrogen and oxygen atoms in total. The maximum Gasteiger partial charge on any atom is 0.299 e. The van der Waals surface area contributed by atoms with E-state index < -0.39 is 12.2 Å². The smallest absolute Gasteiger partial charge is 0.299 e. The number of rotatable bonds is 2. The van der Waals surface area contributed by atoms with Gasteiger partial charge in [-0.15, -0.1) is 15.3 Å². The van der Waals surface area contributed by atoms with E-state index in [0.717, 1.165) is 36.3 Å². The topological polar surface area (TPSA) is 46.3 Å². The summed E-state index contributed by atoms with van der Waals surface area (Å²) in [6, 6.07) is 3.53. The summed E-state index contributed by atoms with van der Waals surface area (Å²) in [5.74, 6) is 0.329. The van der Waals surface area contributed by atoms with E-state index in [0.29, 0.717) is 5.65 Å². The Bertz CT molecular complexity index is 575. The van der Waals surface area contributed by atoms with E-state index in [9.17, 15) is 8.78 Å². The van der Waals surface area contributed by atoms with Gasteiger partial charge in [-0.2, -0.15) is 4.52 Å². The number of nitrogens with zero attached hydrogens (tertiary/aromatic N) is 5. The average Bonchev–Trinajstić information content (AvgIpc) is 2.81. The molecule has 3 rings (SSSR count). The second kappa shape index (κ2) is 5.68. The molecule has 0 N–H and O–H groups in total. The Morgan fingerprint density at radius 2 is 1.65 bits per heavy atom. The van der Waals surface area contributed by atoms with Crippen LogP contribution in [0.15, 0.2) is 12.1 Å². The highest BCUT2D eigenvalue weighted by molar-refractivity contribution is 5.45. The van der Waals surface area contributed by atoms with Gasteiger partial charge in [-0.3, -0.25) is 0 Å². The van der Waals surface area contributed by atoms with Crippen LogP contribution in [0.4, 0.5) is 14.6 Å². The molecule has 1 saturated heterocycles. The lowest BCUT2D eigenvalue weighted by molar-refractivity contribution is 0.137. The van der Waals surface area contributed by atoms with E-state index in [1.54, 1.807) is 6.07 Å². The quantitative estimate of drug-likeness (QED) is 0.849. The van der Waals surface area contributed by atoms with Crippen molar-refractivity contribution in [3.63, 3.8) is 0 Å². The molecular weight excluding hydrogens is 264 g/mol. The van der Waals surface area contributed by atoms with Crippen molar-refractivity contribution >= 4 is 11.5 Å². The molecule has 3 heterocycles. The van der Waals surface area contributed by atoms with E-state index in [1.165, 1.54) is 19.3 Å². The highest BCUT2D eigenvalue weighted by Crippen LogP contribution is 2.20. The second-order valence-corrected chi connectivity index (χ2v) is 5.08. The van der Waals surface area contributed by atoms with Crippen molar-refractivity contribution in [3.05, 3.63) is 18.0 Å². The largest absolute Gasteiger partial charge is 0.355 e. The molecule has 2 aromatic rings. The number of anilines is 1. The Hall–Kier alpha value is -1.79. The van der Waals surface area contributed by atoms with Crippen LogP contribution in [0.25, 0.3) is 5.65 Å². The Labute approximate surface area is 115 Å². The second-order valence-electron chi connectivity index (χ2n) is 5.08. The summed E-state index contributed by atoms with van der Waals surface area (Å²) < 4.78 is 26.8. The molecule has 20 heavy (non-hydrogen) atoms. The summed E-state index contributed by atoms with van der Waals surface area (Å²) >= 11 is 0. The molecule has 1 aliphatic rings. The Balaban J connectivity index is 1.92. The number of hydrogen-bond acceptors (Lipinski definition) is 4. The normalized spacial score (nSPS) is 17.4. The highest BCUT2D eigenvalue weighted by atomic mass is 19.3. The van der Waals surface area contributed by atoms with Crippen LogP contribution < -0.4 is 4.90 Å². The monoisotopic (exact) mass is 281 g/mol. The molecule has 0 amide bonds. The van der Waals surface area contributed by atoms with Gasteiger partial charge in [0.15, 0.2) is 5.65 Å². The Kier molecular flexibility index (Phi) is 3.75. The fourth-order valence-electron chi connectivity index (χ4n) is 2.58. The fourth-order valence-corrected chi connectivity index (χ4v) is 2.58. The van der Waals surface area contributed by atoms with Crippen LogP contribution in [0.3, 0.4) is 0 Å². The van der Waals surface area contributed by atoms with Crippen LogP contribution in [0.2, 0.25) is 0 Å². The predicted molar refractivity (Wildman–Crippen MR) is 71.0 cm³/mol. The van der Waals surface area contributed by atoms with E-state index in [4.69, 9.17) is 0 Å². The molecule has 1 aliphatic heterocycles. The van der Waals surface area contributed by atoms with Gasteiger partial charge in [0.05, 0.1) is 0 Å². The first-order valence-electron chi connectivity index (χ1n) is 7.01. The van der Waals surface area contributed by atoms with Crippen LogP contribution in [0.1, 0.15) is 44.4 Å². The summed E-state index contributed by atoms with van der Waals surface area (Å²) in [6.45, 7) is 1.84. The Morgan fingerprint density at radius 1 is 0.950 bits per heavy atom. The van der Waals surface area contributed by atoms with Crippen molar-refractivity contribution < 1.29 is 8.78 Å². The molecule has 108 valence electrons. The number of fused-ring (bicyclic) bond motifs is 1. The van der Waals surface area contributed by atoms with E-state index in [1.807, 2.05) is 6.07 Å². The molecule has 0 aromatic carbocycles. The third-order valence-electron chi connectivity index (χ3n) is 3.65. The third kappa shape index (κ3) is 2.57. The molecule has 2 aromatic heterocycles. The first-order valence-corrected chi connectivity index (χ1v) is 7.01. The SMILES string of the molecule is FC(F)c1nnc2ccc(N3CCCCCCC3)nn12. The van der Waals surface area contributed by atoms with Crippen LogP contribution in [-0.2, 0) is 0 Å². The lowest BCUT2D eigenvalue weighted by atomic mass is 10.1. The molecule has 0 atom stereocenters. The molecule has 0 bridgehead atoms. The molecule has 7 heteroatoms. The lowest BCUT2D eigenvalue weighted by Gasteiger charge is -2.25. The highest BCUT2D eigenvalue weighted by Gasteiger charge is 2.18. The van der Waals surface area contributed by atoms with Crippen molar-refractivity contribution in [1.29, 1.82) is 0 Å². The van der Waals surface area contributed by atoms with Crippen molar-refractivity contribution in [2.75, 3.05) is 18.0 Å². The molecule has 1 fully saturated rings. The van der Waals surface area contributed by atoms with Gasteiger partial charge in [0.25, 0.3) is 6.43 Å². The van der Waals surface area contributed by atoms with Gasteiger partial charge in [-0.05, 0) is 25.0 Å². The predicted octanol–water partition coefficient (Wildman–Crippen LogP) is 2.83. The van der Waals surface area contributed by atoms with Crippen molar-refractivity contribution in [2.24, 2.45) is 0 Å². The summed E-state index contributed by atoms with van der Waals surface area (Å²) in [5.41, 5.74) is 0.357. The van der Waals surface area contributed by atoms with Crippen LogP contribution in [-0.4, -0.2) is 32.9 Å². The maximum absolute atomic E-state index is 12.8. The number of hydrogen-bond donors (Lipinski definition) is 0. The zero-order valence-electron chi connectivity index (χ0n) is 11.2. The summed E-state index contributed by atoms with van der Waals surface area (Å²) in [5, 5.41) is 11.5. The minimum atomic E-state index is -2.67. The van der Waals surface area contributed by atoms with Crippen molar-refractivity contribution in [2.45, 2.75) is 38.5 Å². The van der Waals surface area contributed by atoms with E-state index >= 15 is 0 Å². The number of aromatic nitrogens is 4. The van der Waals surface area contributed by atoms with Gasteiger partial charge in [0.2, 0.25) is 5.82 Å². The summed E-state index contributed by atoms with van der Waals surface area (Å²) in [4.78, 5) is 2.16. The zero-order valence-corrected chi connectivity index (χ0v) is 11.2. The molecule has 0 saturated carbocycles. The Morgan fingerprint density at radius 3 is 2.35 bits per heavy atom. The van der Waals surface area contributed by atoms with Crippen LogP contribution in [0, 0.1) is 0 Å². The maximum atomic E-state index is 12.8. The minimum absolute atomic E-state index is 0.357. The standard InChI is InChI=1S/C13H17F2N5/c14-12(15)13-17-16-10-6-7-11(18-20(10)13)19-8-4-2-1-3-5-9-19/h6-7,12H,1-5,8-9H2. The zero-order chi connectivity index (χ0) is 13.9. The number of alkyl halides is 2. The first kappa shape index (κ1) is 13.2. The van der Waals surface area contributed by atoms with Gasteiger partial charge < -0.3 is 4.90 Å². The van der Waals surface area contributed by atoms with E-state index in [2.05, 4.69) is 20.2 Å². The summed E-state index contributed by atoms with van der Waals surface area (Å²) in [7, 11) is 0. The minimum Gasteiger partial charge on any atom is -0.355 e. The van der Waals surface area contributed by atoms with Crippen molar-refractivity contribution in [1.82, 2.24) is 19.8 Å². The van der Waals surface area contributed by atoms with Gasteiger partial charge in [-0.25, -0.2) is 8.78 Å². The summed E-state index contributed by atoms with van der Waals surface area (Å²) in [6.07, 6.45) is 3.27. The van der Waals surface area contributed by atoms with Gasteiger partial charge >= 0.3 is 0 Å². The van der Waals surface area contributed by atoms with Gasteiger partial charge in [-0.1, -0.05) is 19.3 Å². The lowest BCUT2D eigenvalue weighted by Crippen LogP contribution is -2.28. The van der Waals surface area contributed by atoms with Crippen LogP contribution >= 0.6 is 0 Å². The van der Waals surface area contributed by atoms with Crippen molar-refractivity contribution in [3.8, 4) is 0 Å². The first-order chi connectivity index (χ1) is 9.75. The van der Waals surface area contributed by atoms with Gasteiger partial charge in [0.1, 0.15) is 5.82 Å². The van der Waals surface area contributed by atoms with E-state index in [-0.39, 0.29) is 0 Å². The molecule has 0 aliphatic carbocycles. The molecule has 0 spiro atoms. The molecular formula is C13H17F2N5.